The van der Waals surface area contributed by atoms with Gasteiger partial charge in [-0.1, -0.05) is 34.1 Å². The number of nitrogens with zero attached hydrogens (tertiary/aromatic N) is 1. The predicted octanol–water partition coefficient (Wildman–Crippen LogP) is 3.63. The Bertz CT molecular complexity index is 885. The van der Waals surface area contributed by atoms with Crippen molar-refractivity contribution in [3.63, 3.8) is 0 Å². The topological polar surface area (TPSA) is 131 Å². The highest BCUT2D eigenvalue weighted by Gasteiger charge is 2.28. The molecule has 0 spiro atoms. The van der Waals surface area contributed by atoms with Crippen molar-refractivity contribution < 1.29 is 33.4 Å². The van der Waals surface area contributed by atoms with Gasteiger partial charge in [-0.15, -0.1) is 0 Å². The van der Waals surface area contributed by atoms with Crippen LogP contribution in [0.2, 0.25) is 0 Å². The average molecular weight is 598 g/mol. The standard InChI is InChI=1S/C30H51N3O7S/c1-23(2)27(37)39-19-10-21-41-22-17-32-28(38)29(3,4)15-20-40-30(5,6)14-16-31-24(34)11-8-7-9-18-33-25(35)12-13-26(33)36/h12-13,23H,7-11,14-22H2,1-6H3,(H,31,34)(H,32,38). The van der Waals surface area contributed by atoms with Crippen LogP contribution < -0.4 is 10.6 Å². The Balaban J connectivity index is 2.10. The number of unbranched alkanes of at least 4 members (excludes halogenated alkanes) is 2. The summed E-state index contributed by atoms with van der Waals surface area (Å²) in [6.07, 6.45) is 7.11. The van der Waals surface area contributed by atoms with Gasteiger partial charge in [0.1, 0.15) is 0 Å². The van der Waals surface area contributed by atoms with E-state index < -0.39 is 11.0 Å². The molecule has 11 heteroatoms. The molecule has 1 aliphatic rings. The van der Waals surface area contributed by atoms with E-state index >= 15 is 0 Å². The minimum Gasteiger partial charge on any atom is -0.465 e. The Hall–Kier alpha value is -2.40. The number of thioether (sulfide) groups is 1. The highest BCUT2D eigenvalue weighted by Crippen LogP contribution is 2.23. The van der Waals surface area contributed by atoms with Crippen LogP contribution in [0.3, 0.4) is 0 Å². The number of hydrogen-bond donors (Lipinski definition) is 2. The van der Waals surface area contributed by atoms with Gasteiger partial charge < -0.3 is 20.1 Å². The van der Waals surface area contributed by atoms with Crippen molar-refractivity contribution in [1.29, 1.82) is 0 Å². The third-order valence-corrected chi connectivity index (χ3v) is 7.82. The lowest BCUT2D eigenvalue weighted by Crippen LogP contribution is -2.39. The molecule has 0 unspecified atom stereocenters. The van der Waals surface area contributed by atoms with Crippen LogP contribution in [0.4, 0.5) is 0 Å². The fourth-order valence-electron chi connectivity index (χ4n) is 3.82. The highest BCUT2D eigenvalue weighted by molar-refractivity contribution is 7.99. The van der Waals surface area contributed by atoms with E-state index in [0.717, 1.165) is 24.3 Å². The minimum absolute atomic E-state index is 0.00655. The summed E-state index contributed by atoms with van der Waals surface area (Å²) in [7, 11) is 0. The maximum Gasteiger partial charge on any atom is 0.308 e. The molecule has 0 radical (unpaired) electrons. The molecule has 1 heterocycles. The summed E-state index contributed by atoms with van der Waals surface area (Å²) in [6, 6.07) is 0. The summed E-state index contributed by atoms with van der Waals surface area (Å²) in [5.41, 5.74) is -1.01. The summed E-state index contributed by atoms with van der Waals surface area (Å²) in [5, 5.41) is 5.93. The predicted molar refractivity (Wildman–Crippen MR) is 161 cm³/mol. The molecule has 0 saturated carbocycles. The van der Waals surface area contributed by atoms with E-state index in [2.05, 4.69) is 10.6 Å². The molecule has 0 saturated heterocycles. The maximum atomic E-state index is 12.6. The number of nitrogens with one attached hydrogen (secondary N) is 2. The largest absolute Gasteiger partial charge is 0.465 e. The van der Waals surface area contributed by atoms with Crippen molar-refractivity contribution in [3.05, 3.63) is 12.2 Å². The molecule has 0 aromatic rings. The van der Waals surface area contributed by atoms with Crippen LogP contribution in [0, 0.1) is 11.3 Å². The SMILES string of the molecule is CC(C)C(=O)OCCCSCCNC(=O)C(C)(C)CCOC(C)(C)CCNC(=O)CCCCCN1C(=O)C=CC1=O. The fourth-order valence-corrected chi connectivity index (χ4v) is 4.59. The molecule has 0 bridgehead atoms. The average Bonchev–Trinajstić information content (AvgIpc) is 3.21. The Morgan fingerprint density at radius 2 is 1.56 bits per heavy atom. The summed E-state index contributed by atoms with van der Waals surface area (Å²) < 4.78 is 11.2. The molecule has 0 atom stereocenters. The van der Waals surface area contributed by atoms with Gasteiger partial charge in [-0.05, 0) is 51.7 Å². The second-order valence-corrected chi connectivity index (χ2v) is 13.1. The number of ether oxygens (including phenoxy) is 2. The number of hydrogen-bond acceptors (Lipinski definition) is 8. The van der Waals surface area contributed by atoms with Crippen molar-refractivity contribution in [2.75, 3.05) is 44.4 Å². The number of rotatable bonds is 22. The molecular formula is C30H51N3O7S. The maximum absolute atomic E-state index is 12.6. The van der Waals surface area contributed by atoms with E-state index in [-0.39, 0.29) is 35.5 Å². The number of carbonyl (C=O) groups is 5. The molecule has 10 nitrogen and oxygen atoms in total. The van der Waals surface area contributed by atoms with E-state index in [4.69, 9.17) is 9.47 Å². The number of amides is 4. The third kappa shape index (κ3) is 16.0. The van der Waals surface area contributed by atoms with Gasteiger partial charge in [-0.2, -0.15) is 11.8 Å². The molecule has 1 aliphatic heterocycles. The van der Waals surface area contributed by atoms with E-state index in [1.807, 2.05) is 41.5 Å². The molecule has 4 amide bonds. The van der Waals surface area contributed by atoms with Crippen LogP contribution in [0.1, 0.15) is 86.5 Å². The van der Waals surface area contributed by atoms with Gasteiger partial charge in [0.2, 0.25) is 11.8 Å². The van der Waals surface area contributed by atoms with Crippen molar-refractivity contribution in [1.82, 2.24) is 15.5 Å². The lowest BCUT2D eigenvalue weighted by Gasteiger charge is -2.29. The molecule has 0 aromatic heterocycles. The van der Waals surface area contributed by atoms with Crippen molar-refractivity contribution >= 4 is 41.4 Å². The lowest BCUT2D eigenvalue weighted by atomic mass is 9.88. The molecule has 234 valence electrons. The van der Waals surface area contributed by atoms with Gasteiger partial charge >= 0.3 is 5.97 Å². The molecular weight excluding hydrogens is 546 g/mol. The Morgan fingerprint density at radius 3 is 2.22 bits per heavy atom. The minimum atomic E-state index is -0.564. The zero-order chi connectivity index (χ0) is 30.9. The molecule has 0 aromatic carbocycles. The van der Waals surface area contributed by atoms with E-state index in [1.54, 1.807) is 11.8 Å². The smallest absolute Gasteiger partial charge is 0.308 e. The Kier molecular flexibility index (Phi) is 16.9. The molecule has 2 N–H and O–H groups in total. The first-order valence-electron chi connectivity index (χ1n) is 14.7. The highest BCUT2D eigenvalue weighted by atomic mass is 32.2. The van der Waals surface area contributed by atoms with E-state index in [0.29, 0.717) is 65.0 Å². The summed E-state index contributed by atoms with van der Waals surface area (Å²) in [5.74, 6) is 0.818. The van der Waals surface area contributed by atoms with Crippen molar-refractivity contribution in [2.45, 2.75) is 92.1 Å². The third-order valence-electron chi connectivity index (χ3n) is 6.75. The van der Waals surface area contributed by atoms with Crippen molar-refractivity contribution in [3.8, 4) is 0 Å². The second-order valence-electron chi connectivity index (χ2n) is 11.9. The van der Waals surface area contributed by atoms with Crippen LogP contribution in [0.15, 0.2) is 12.2 Å². The van der Waals surface area contributed by atoms with E-state index in [1.165, 1.54) is 17.1 Å². The van der Waals surface area contributed by atoms with E-state index in [9.17, 15) is 24.0 Å². The number of imide groups is 1. The first-order valence-corrected chi connectivity index (χ1v) is 15.9. The Labute approximate surface area is 250 Å². The van der Waals surface area contributed by atoms with Crippen LogP contribution in [-0.4, -0.2) is 84.5 Å². The summed E-state index contributed by atoms with van der Waals surface area (Å²) in [4.78, 5) is 60.5. The monoisotopic (exact) mass is 597 g/mol. The summed E-state index contributed by atoms with van der Waals surface area (Å²) in [6.45, 7) is 13.7. The zero-order valence-corrected chi connectivity index (χ0v) is 26.7. The normalized spacial score (nSPS) is 13.7. The number of carbonyl (C=O) groups excluding carboxylic acids is 5. The molecule has 1 rings (SSSR count). The first kappa shape index (κ1) is 36.6. The lowest BCUT2D eigenvalue weighted by molar-refractivity contribution is -0.147. The molecule has 0 aliphatic carbocycles. The van der Waals surface area contributed by atoms with Gasteiger partial charge in [0.15, 0.2) is 0 Å². The quantitative estimate of drug-likeness (QED) is 0.110. The molecule has 41 heavy (non-hydrogen) atoms. The van der Waals surface area contributed by atoms with Crippen LogP contribution in [-0.2, 0) is 33.4 Å². The zero-order valence-electron chi connectivity index (χ0n) is 25.8. The van der Waals surface area contributed by atoms with Gasteiger partial charge in [-0.3, -0.25) is 28.9 Å². The van der Waals surface area contributed by atoms with Gasteiger partial charge in [-0.25, -0.2) is 0 Å². The van der Waals surface area contributed by atoms with Crippen LogP contribution in [0.5, 0.6) is 0 Å². The van der Waals surface area contributed by atoms with Gasteiger partial charge in [0.05, 0.1) is 18.1 Å². The second kappa shape index (κ2) is 18.9. The van der Waals surface area contributed by atoms with Crippen LogP contribution in [0.25, 0.3) is 0 Å². The van der Waals surface area contributed by atoms with Crippen molar-refractivity contribution in [2.24, 2.45) is 11.3 Å². The Morgan fingerprint density at radius 1 is 0.878 bits per heavy atom. The van der Waals surface area contributed by atoms with Gasteiger partial charge in [0, 0.05) is 56.0 Å². The van der Waals surface area contributed by atoms with Gasteiger partial charge in [0.25, 0.3) is 11.8 Å². The fraction of sp³-hybridized carbons (Fsp3) is 0.767. The molecule has 0 fully saturated rings. The summed E-state index contributed by atoms with van der Waals surface area (Å²) >= 11 is 1.72. The first-order chi connectivity index (χ1) is 19.2. The van der Waals surface area contributed by atoms with Crippen LogP contribution >= 0.6 is 11.8 Å². The number of esters is 1.